The van der Waals surface area contributed by atoms with E-state index in [1.807, 2.05) is 6.92 Å². The highest BCUT2D eigenvalue weighted by molar-refractivity contribution is 4.91. The van der Waals surface area contributed by atoms with Crippen molar-refractivity contribution in [3.05, 3.63) is 12.2 Å². The Morgan fingerprint density at radius 2 is 2.12 bits per heavy atom. The summed E-state index contributed by atoms with van der Waals surface area (Å²) in [6, 6.07) is 0. The average Bonchev–Trinajstić information content (AvgIpc) is 2.70. The maximum atomic E-state index is 6.05. The largest absolute Gasteiger partial charge is 0.359 e. The molecule has 2 fully saturated rings. The van der Waals surface area contributed by atoms with Crippen LogP contribution in [0.5, 0.6) is 0 Å². The normalized spacial score (nSPS) is 26.2. The molecule has 1 saturated carbocycles. The topological polar surface area (TPSA) is 21.7 Å². The van der Waals surface area contributed by atoms with Gasteiger partial charge in [-0.25, -0.2) is 4.90 Å². The molecular weight excluding hydrogens is 214 g/mol. The van der Waals surface area contributed by atoms with Crippen LogP contribution < -0.4 is 0 Å². The number of nitrogens with zero attached hydrogens (tertiary/aromatic N) is 1. The monoisotopic (exact) mass is 239 g/mol. The second kappa shape index (κ2) is 5.51. The summed E-state index contributed by atoms with van der Waals surface area (Å²) in [6.45, 7) is 10.5. The van der Waals surface area contributed by atoms with Crippen LogP contribution >= 0.6 is 0 Å². The third-order valence-corrected chi connectivity index (χ3v) is 3.87. The van der Waals surface area contributed by atoms with E-state index in [2.05, 4.69) is 18.4 Å². The van der Waals surface area contributed by atoms with Gasteiger partial charge in [0.05, 0.1) is 13.2 Å². The van der Waals surface area contributed by atoms with Gasteiger partial charge in [-0.15, -0.1) is 0 Å². The van der Waals surface area contributed by atoms with Crippen LogP contribution in [0.15, 0.2) is 12.2 Å². The Morgan fingerprint density at radius 3 is 2.76 bits per heavy atom. The van der Waals surface area contributed by atoms with Gasteiger partial charge in [-0.3, -0.25) is 0 Å². The van der Waals surface area contributed by atoms with Crippen LogP contribution in [-0.2, 0) is 9.47 Å². The number of hydrogen-bond donors (Lipinski definition) is 0. The van der Waals surface area contributed by atoms with E-state index in [0.29, 0.717) is 6.61 Å². The van der Waals surface area contributed by atoms with Crippen LogP contribution in [0.4, 0.5) is 0 Å². The average molecular weight is 239 g/mol. The molecule has 0 aromatic heterocycles. The summed E-state index contributed by atoms with van der Waals surface area (Å²) in [5.74, 6) is 0. The summed E-state index contributed by atoms with van der Waals surface area (Å²) in [4.78, 5) is 2.41. The van der Waals surface area contributed by atoms with Crippen LogP contribution in [0.2, 0.25) is 0 Å². The van der Waals surface area contributed by atoms with E-state index < -0.39 is 0 Å². The van der Waals surface area contributed by atoms with Crippen molar-refractivity contribution >= 4 is 0 Å². The van der Waals surface area contributed by atoms with E-state index in [4.69, 9.17) is 9.47 Å². The molecule has 98 valence electrons. The second-order valence-corrected chi connectivity index (χ2v) is 5.42. The Balaban J connectivity index is 1.95. The van der Waals surface area contributed by atoms with Crippen molar-refractivity contribution in [2.45, 2.75) is 57.9 Å². The zero-order chi connectivity index (χ0) is 12.3. The third-order valence-electron chi connectivity index (χ3n) is 3.87. The SMILES string of the molecule is C=C(C)COC(C)N1CCOC12CCCCC2. The molecule has 1 saturated heterocycles. The molecule has 1 aliphatic heterocycles. The lowest BCUT2D eigenvalue weighted by atomic mass is 9.90. The van der Waals surface area contributed by atoms with Gasteiger partial charge in [-0.2, -0.15) is 0 Å². The van der Waals surface area contributed by atoms with Gasteiger partial charge in [0.2, 0.25) is 0 Å². The quantitative estimate of drug-likeness (QED) is 0.704. The zero-order valence-electron chi connectivity index (χ0n) is 11.2. The second-order valence-electron chi connectivity index (χ2n) is 5.42. The molecule has 3 heteroatoms. The summed E-state index contributed by atoms with van der Waals surface area (Å²) < 4.78 is 11.9. The number of rotatable bonds is 4. The minimum atomic E-state index is -0.0211. The molecule has 2 rings (SSSR count). The van der Waals surface area contributed by atoms with Crippen molar-refractivity contribution in [2.75, 3.05) is 19.8 Å². The van der Waals surface area contributed by atoms with Crippen LogP contribution in [0, 0.1) is 0 Å². The van der Waals surface area contributed by atoms with E-state index in [-0.39, 0.29) is 12.0 Å². The van der Waals surface area contributed by atoms with Crippen molar-refractivity contribution in [1.29, 1.82) is 0 Å². The van der Waals surface area contributed by atoms with Crippen LogP contribution in [-0.4, -0.2) is 36.6 Å². The smallest absolute Gasteiger partial charge is 0.123 e. The van der Waals surface area contributed by atoms with Crippen molar-refractivity contribution in [1.82, 2.24) is 4.90 Å². The van der Waals surface area contributed by atoms with Crippen molar-refractivity contribution in [3.8, 4) is 0 Å². The first-order valence-corrected chi connectivity index (χ1v) is 6.81. The Labute approximate surface area is 105 Å². The molecule has 1 aliphatic carbocycles. The lowest BCUT2D eigenvalue weighted by molar-refractivity contribution is -0.168. The fraction of sp³-hybridized carbons (Fsp3) is 0.857. The minimum Gasteiger partial charge on any atom is -0.359 e. The van der Waals surface area contributed by atoms with Crippen molar-refractivity contribution < 1.29 is 9.47 Å². The lowest BCUT2D eigenvalue weighted by Gasteiger charge is -2.42. The van der Waals surface area contributed by atoms with E-state index in [9.17, 15) is 0 Å². The molecule has 1 atom stereocenters. The molecule has 0 bridgehead atoms. The van der Waals surface area contributed by atoms with Crippen LogP contribution in [0.3, 0.4) is 0 Å². The van der Waals surface area contributed by atoms with E-state index >= 15 is 0 Å². The highest BCUT2D eigenvalue weighted by atomic mass is 16.6. The summed E-state index contributed by atoms with van der Waals surface area (Å²) in [7, 11) is 0. The molecule has 0 N–H and O–H groups in total. The summed E-state index contributed by atoms with van der Waals surface area (Å²) in [6.07, 6.45) is 6.36. The summed E-state index contributed by atoms with van der Waals surface area (Å²) >= 11 is 0. The van der Waals surface area contributed by atoms with Crippen molar-refractivity contribution in [2.24, 2.45) is 0 Å². The maximum absolute atomic E-state index is 6.05. The number of hydrogen-bond acceptors (Lipinski definition) is 3. The molecule has 0 amide bonds. The standard InChI is InChI=1S/C14H25NO2/c1-12(2)11-16-13(3)15-9-10-17-14(15)7-5-4-6-8-14/h13H,1,4-11H2,2-3H3. The number of ether oxygens (including phenoxy) is 2. The van der Waals surface area contributed by atoms with E-state index in [1.54, 1.807) is 0 Å². The van der Waals surface area contributed by atoms with Gasteiger partial charge in [-0.05, 0) is 39.5 Å². The first-order valence-electron chi connectivity index (χ1n) is 6.81. The molecule has 0 aromatic rings. The fourth-order valence-electron chi connectivity index (χ4n) is 3.02. The molecule has 0 aromatic carbocycles. The third kappa shape index (κ3) is 2.90. The first-order chi connectivity index (χ1) is 8.14. The molecule has 0 radical (unpaired) electrons. The molecule has 1 unspecified atom stereocenters. The van der Waals surface area contributed by atoms with E-state index in [1.165, 1.54) is 19.3 Å². The van der Waals surface area contributed by atoms with Gasteiger partial charge in [0, 0.05) is 6.54 Å². The Hall–Kier alpha value is -0.380. The summed E-state index contributed by atoms with van der Waals surface area (Å²) in [5.41, 5.74) is 1.06. The van der Waals surface area contributed by atoms with Crippen molar-refractivity contribution in [3.63, 3.8) is 0 Å². The van der Waals surface area contributed by atoms with Gasteiger partial charge >= 0.3 is 0 Å². The van der Waals surface area contributed by atoms with Crippen LogP contribution in [0.1, 0.15) is 46.0 Å². The molecule has 1 spiro atoms. The first kappa shape index (κ1) is 13.1. The van der Waals surface area contributed by atoms with E-state index in [0.717, 1.165) is 31.6 Å². The zero-order valence-corrected chi connectivity index (χ0v) is 11.2. The predicted molar refractivity (Wildman–Crippen MR) is 68.7 cm³/mol. The molecular formula is C14H25NO2. The molecule has 1 heterocycles. The fourth-order valence-corrected chi connectivity index (χ4v) is 3.02. The Morgan fingerprint density at radius 1 is 1.41 bits per heavy atom. The van der Waals surface area contributed by atoms with Gasteiger partial charge in [0.15, 0.2) is 0 Å². The molecule has 2 aliphatic rings. The maximum Gasteiger partial charge on any atom is 0.123 e. The minimum absolute atomic E-state index is 0.0211. The van der Waals surface area contributed by atoms with Crippen LogP contribution in [0.25, 0.3) is 0 Å². The molecule has 17 heavy (non-hydrogen) atoms. The molecule has 3 nitrogen and oxygen atoms in total. The summed E-state index contributed by atoms with van der Waals surface area (Å²) in [5, 5.41) is 0. The van der Waals surface area contributed by atoms with Gasteiger partial charge in [0.25, 0.3) is 0 Å². The Kier molecular flexibility index (Phi) is 4.23. The highest BCUT2D eigenvalue weighted by Gasteiger charge is 2.45. The highest BCUT2D eigenvalue weighted by Crippen LogP contribution is 2.39. The van der Waals surface area contributed by atoms with Gasteiger partial charge in [0.1, 0.15) is 12.0 Å². The predicted octanol–water partition coefficient (Wildman–Crippen LogP) is 2.92. The van der Waals surface area contributed by atoms with Gasteiger partial charge in [-0.1, -0.05) is 18.6 Å². The van der Waals surface area contributed by atoms with Gasteiger partial charge < -0.3 is 9.47 Å². The lowest BCUT2D eigenvalue weighted by Crippen LogP contribution is -2.51. The Bertz CT molecular complexity index is 271.